The van der Waals surface area contributed by atoms with Crippen LogP contribution in [0.15, 0.2) is 30.3 Å². The molecule has 0 heterocycles. The molecule has 0 aliphatic carbocycles. The molecule has 0 spiro atoms. The molecule has 2 aromatic carbocycles. The van der Waals surface area contributed by atoms with Crippen molar-refractivity contribution in [2.75, 3.05) is 14.2 Å². The molecule has 1 unspecified atom stereocenters. The highest BCUT2D eigenvalue weighted by Crippen LogP contribution is 2.37. The molecule has 112 valence electrons. The maximum atomic E-state index is 10.9. The third kappa shape index (κ3) is 3.03. The lowest BCUT2D eigenvalue weighted by molar-refractivity contribution is 0.208. The van der Waals surface area contributed by atoms with Crippen LogP contribution >= 0.6 is 0 Å². The quantitative estimate of drug-likeness (QED) is 0.931. The number of aliphatic hydroxyl groups excluding tert-OH is 1. The van der Waals surface area contributed by atoms with Crippen molar-refractivity contribution in [2.24, 2.45) is 0 Å². The molecule has 0 radical (unpaired) electrons. The van der Waals surface area contributed by atoms with Crippen molar-refractivity contribution >= 4 is 0 Å². The average Bonchev–Trinajstić information content (AvgIpc) is 2.45. The summed E-state index contributed by atoms with van der Waals surface area (Å²) >= 11 is 0. The Morgan fingerprint density at radius 3 is 2.14 bits per heavy atom. The van der Waals surface area contributed by atoms with Crippen molar-refractivity contribution in [3.63, 3.8) is 0 Å². The van der Waals surface area contributed by atoms with E-state index in [1.165, 1.54) is 0 Å². The van der Waals surface area contributed by atoms with E-state index in [1.807, 2.05) is 51.1 Å². The molecule has 2 aromatic rings. The van der Waals surface area contributed by atoms with Gasteiger partial charge >= 0.3 is 0 Å². The number of aryl methyl sites for hydroxylation is 3. The maximum Gasteiger partial charge on any atom is 0.125 e. The predicted octanol–water partition coefficient (Wildman–Crippen LogP) is 3.71. The van der Waals surface area contributed by atoms with Gasteiger partial charge in [-0.25, -0.2) is 0 Å². The highest BCUT2D eigenvalue weighted by Gasteiger charge is 2.21. The van der Waals surface area contributed by atoms with Gasteiger partial charge in [-0.3, -0.25) is 0 Å². The molecular weight excluding hydrogens is 264 g/mol. The number of aliphatic hydroxyl groups is 1. The van der Waals surface area contributed by atoms with Crippen molar-refractivity contribution in [3.05, 3.63) is 58.1 Å². The van der Waals surface area contributed by atoms with Crippen molar-refractivity contribution < 1.29 is 14.6 Å². The largest absolute Gasteiger partial charge is 0.496 e. The van der Waals surface area contributed by atoms with Gasteiger partial charge in [0.1, 0.15) is 17.6 Å². The lowest BCUT2D eigenvalue weighted by Crippen LogP contribution is -2.07. The summed E-state index contributed by atoms with van der Waals surface area (Å²) in [4.78, 5) is 0. The molecule has 21 heavy (non-hydrogen) atoms. The zero-order valence-corrected chi connectivity index (χ0v) is 13.2. The Bertz CT molecular complexity index is 647. The first-order valence-electron chi connectivity index (χ1n) is 6.95. The van der Waals surface area contributed by atoms with Gasteiger partial charge in [-0.15, -0.1) is 0 Å². The van der Waals surface area contributed by atoms with Gasteiger partial charge in [-0.1, -0.05) is 17.7 Å². The van der Waals surface area contributed by atoms with Gasteiger partial charge in [0.05, 0.1) is 14.2 Å². The monoisotopic (exact) mass is 286 g/mol. The number of hydrogen-bond acceptors (Lipinski definition) is 3. The van der Waals surface area contributed by atoms with E-state index in [1.54, 1.807) is 14.2 Å². The lowest BCUT2D eigenvalue weighted by Gasteiger charge is -2.20. The zero-order chi connectivity index (χ0) is 15.6. The zero-order valence-electron chi connectivity index (χ0n) is 13.2. The third-order valence-corrected chi connectivity index (χ3v) is 3.67. The first kappa shape index (κ1) is 15.4. The van der Waals surface area contributed by atoms with Gasteiger partial charge in [0.2, 0.25) is 0 Å². The van der Waals surface area contributed by atoms with E-state index >= 15 is 0 Å². The van der Waals surface area contributed by atoms with Crippen molar-refractivity contribution in [1.82, 2.24) is 0 Å². The molecule has 0 saturated heterocycles. The van der Waals surface area contributed by atoms with Crippen LogP contribution in [0, 0.1) is 20.8 Å². The minimum atomic E-state index is -0.782. The lowest BCUT2D eigenvalue weighted by atomic mass is 9.93. The van der Waals surface area contributed by atoms with Gasteiger partial charge in [0.25, 0.3) is 0 Å². The van der Waals surface area contributed by atoms with Gasteiger partial charge in [-0.05, 0) is 50.1 Å². The highest BCUT2D eigenvalue weighted by atomic mass is 16.5. The van der Waals surface area contributed by atoms with Gasteiger partial charge < -0.3 is 14.6 Å². The van der Waals surface area contributed by atoms with Crippen LogP contribution in [0.2, 0.25) is 0 Å². The standard InChI is InChI=1S/C18H22O3/c1-11-6-7-15(20-4)14(9-11)18(19)17-13(3)8-12(2)10-16(17)21-5/h6-10,18-19H,1-5H3. The van der Waals surface area contributed by atoms with Crippen LogP contribution in [0.4, 0.5) is 0 Å². The topological polar surface area (TPSA) is 38.7 Å². The van der Waals surface area contributed by atoms with Gasteiger partial charge in [0, 0.05) is 11.1 Å². The van der Waals surface area contributed by atoms with E-state index in [0.717, 1.165) is 27.8 Å². The van der Waals surface area contributed by atoms with Gasteiger partial charge in [0.15, 0.2) is 0 Å². The first-order valence-corrected chi connectivity index (χ1v) is 6.95. The summed E-state index contributed by atoms with van der Waals surface area (Å²) in [5.41, 5.74) is 4.72. The van der Waals surface area contributed by atoms with Gasteiger partial charge in [-0.2, -0.15) is 0 Å². The van der Waals surface area contributed by atoms with E-state index in [4.69, 9.17) is 9.47 Å². The fourth-order valence-electron chi connectivity index (χ4n) is 2.68. The second-order valence-electron chi connectivity index (χ2n) is 5.35. The van der Waals surface area contributed by atoms with Crippen LogP contribution in [0.25, 0.3) is 0 Å². The predicted molar refractivity (Wildman–Crippen MR) is 84.3 cm³/mol. The van der Waals surface area contributed by atoms with E-state index in [-0.39, 0.29) is 0 Å². The summed E-state index contributed by atoms with van der Waals surface area (Å²) < 4.78 is 10.8. The number of rotatable bonds is 4. The number of hydrogen-bond donors (Lipinski definition) is 1. The summed E-state index contributed by atoms with van der Waals surface area (Å²) in [7, 11) is 3.23. The number of methoxy groups -OCH3 is 2. The minimum absolute atomic E-state index is 0.676. The van der Waals surface area contributed by atoms with Crippen molar-refractivity contribution in [1.29, 1.82) is 0 Å². The molecule has 0 aromatic heterocycles. The van der Waals surface area contributed by atoms with Crippen LogP contribution in [0.1, 0.15) is 33.9 Å². The molecule has 0 amide bonds. The number of benzene rings is 2. The Morgan fingerprint density at radius 2 is 1.52 bits per heavy atom. The van der Waals surface area contributed by atoms with Crippen LogP contribution in [-0.4, -0.2) is 19.3 Å². The van der Waals surface area contributed by atoms with Crippen LogP contribution in [0.3, 0.4) is 0 Å². The SMILES string of the molecule is COc1ccc(C)cc1C(O)c1c(C)cc(C)cc1OC. The fourth-order valence-corrected chi connectivity index (χ4v) is 2.68. The Morgan fingerprint density at radius 1 is 0.857 bits per heavy atom. The summed E-state index contributed by atoms with van der Waals surface area (Å²) in [5.74, 6) is 1.37. The Balaban J connectivity index is 2.59. The Kier molecular flexibility index (Phi) is 4.53. The molecule has 0 bridgehead atoms. The smallest absolute Gasteiger partial charge is 0.125 e. The number of ether oxygens (including phenoxy) is 2. The molecule has 2 rings (SSSR count). The molecule has 1 N–H and O–H groups in total. The first-order chi connectivity index (χ1) is 9.97. The fraction of sp³-hybridized carbons (Fsp3) is 0.333. The van der Waals surface area contributed by atoms with Crippen molar-refractivity contribution in [3.8, 4) is 11.5 Å². The van der Waals surface area contributed by atoms with Crippen LogP contribution < -0.4 is 9.47 Å². The maximum absolute atomic E-state index is 10.9. The highest BCUT2D eigenvalue weighted by molar-refractivity contribution is 5.51. The molecule has 0 aliphatic rings. The second-order valence-corrected chi connectivity index (χ2v) is 5.35. The van der Waals surface area contributed by atoms with E-state index < -0.39 is 6.10 Å². The molecule has 3 nitrogen and oxygen atoms in total. The van der Waals surface area contributed by atoms with E-state index in [9.17, 15) is 5.11 Å². The van der Waals surface area contributed by atoms with E-state index in [2.05, 4.69) is 0 Å². The second kappa shape index (κ2) is 6.19. The van der Waals surface area contributed by atoms with Crippen molar-refractivity contribution in [2.45, 2.75) is 26.9 Å². The summed E-state index contributed by atoms with van der Waals surface area (Å²) in [6.07, 6.45) is -0.782. The molecular formula is C18H22O3. The molecule has 1 atom stereocenters. The average molecular weight is 286 g/mol. The van der Waals surface area contributed by atoms with E-state index in [0.29, 0.717) is 11.5 Å². The Labute approximate surface area is 126 Å². The van der Waals surface area contributed by atoms with Crippen LogP contribution in [0.5, 0.6) is 11.5 Å². The summed E-state index contributed by atoms with van der Waals surface area (Å²) in [6, 6.07) is 9.78. The normalized spacial score (nSPS) is 12.1. The van der Waals surface area contributed by atoms with Crippen LogP contribution in [-0.2, 0) is 0 Å². The summed E-state index contributed by atoms with van der Waals surface area (Å²) in [6.45, 7) is 5.99. The molecule has 0 saturated carbocycles. The summed E-state index contributed by atoms with van der Waals surface area (Å²) in [5, 5.41) is 10.9. The third-order valence-electron chi connectivity index (χ3n) is 3.67. The minimum Gasteiger partial charge on any atom is -0.496 e. The Hall–Kier alpha value is -2.00. The molecule has 0 fully saturated rings. The molecule has 3 heteroatoms. The molecule has 0 aliphatic heterocycles.